The van der Waals surface area contributed by atoms with Crippen LogP contribution < -0.4 is 5.43 Å². The van der Waals surface area contributed by atoms with Crippen molar-refractivity contribution in [2.24, 2.45) is 0 Å². The average molecular weight is 732 g/mol. The molecule has 2 aromatic carbocycles. The molecule has 32 heavy (non-hydrogen) atoms. The van der Waals surface area contributed by atoms with Gasteiger partial charge >= 0.3 is 5.97 Å². The van der Waals surface area contributed by atoms with E-state index in [9.17, 15) is 14.7 Å². The zero-order chi connectivity index (χ0) is 22.4. The summed E-state index contributed by atoms with van der Waals surface area (Å²) in [6.45, 7) is 1.98. The number of benzene rings is 3. The molecule has 2 aromatic rings. The Kier molecular flexibility index (Phi) is 7.95. The van der Waals surface area contributed by atoms with Crippen molar-refractivity contribution in [3.05, 3.63) is 70.1 Å². The van der Waals surface area contributed by atoms with Crippen molar-refractivity contribution < 1.29 is 36.1 Å². The van der Waals surface area contributed by atoms with Crippen LogP contribution in [0.5, 0.6) is 5.75 Å². The number of phenolic OH excluding ortho intramolecular Hbond substituents is 1. The zero-order valence-electron chi connectivity index (χ0n) is 16.1. The number of halogens is 4. The molecule has 0 unspecified atom stereocenters. The first kappa shape index (κ1) is 25.5. The Morgan fingerprint density at radius 2 is 1.72 bits per heavy atom. The fraction of sp³-hybridized carbons (Fsp3) is 0.0909. The summed E-state index contributed by atoms with van der Waals surface area (Å²) in [5, 5.41) is 11.0. The minimum Gasteiger partial charge on any atom is -0.505 e. The minimum absolute atomic E-state index is 0. The molecular formula is C22H12Br4FeO5. The van der Waals surface area contributed by atoms with Gasteiger partial charge in [0.2, 0.25) is 5.43 Å². The van der Waals surface area contributed by atoms with Crippen LogP contribution in [0.3, 0.4) is 0 Å². The number of ether oxygens (including phenoxy) is 1. The van der Waals surface area contributed by atoms with Crippen molar-refractivity contribution in [3.63, 3.8) is 0 Å². The molecule has 0 aromatic heterocycles. The number of rotatable bonds is 3. The second-order valence-corrected chi connectivity index (χ2v) is 9.81. The molecule has 4 rings (SSSR count). The Bertz CT molecular complexity index is 1400. The van der Waals surface area contributed by atoms with Gasteiger partial charge in [-0.15, -0.1) is 0 Å². The number of carbonyl (C=O) groups excluding carboxylic acids is 1. The molecule has 1 N–H and O–H groups in total. The summed E-state index contributed by atoms with van der Waals surface area (Å²) >= 11 is 13.4. The Morgan fingerprint density at radius 1 is 1.03 bits per heavy atom. The van der Waals surface area contributed by atoms with Crippen molar-refractivity contribution in [2.45, 2.75) is 6.92 Å². The number of hydrogen-bond acceptors (Lipinski definition) is 5. The Labute approximate surface area is 226 Å². The monoisotopic (exact) mass is 728 g/mol. The molecule has 2 aliphatic rings. The number of aromatic hydroxyl groups is 1. The van der Waals surface area contributed by atoms with Gasteiger partial charge in [-0.1, -0.05) is 18.2 Å². The van der Waals surface area contributed by atoms with Crippen LogP contribution in [-0.4, -0.2) is 17.7 Å². The number of carbonyl (C=O) groups is 1. The third kappa shape index (κ3) is 4.21. The third-order valence-electron chi connectivity index (χ3n) is 4.72. The van der Waals surface area contributed by atoms with Crippen LogP contribution in [0.4, 0.5) is 0 Å². The van der Waals surface area contributed by atoms with E-state index in [1.165, 1.54) is 0 Å². The average Bonchev–Trinajstić information content (AvgIpc) is 2.75. The molecule has 0 radical (unpaired) electrons. The normalized spacial score (nSPS) is 10.9. The maximum atomic E-state index is 12.7. The van der Waals surface area contributed by atoms with E-state index < -0.39 is 5.97 Å². The first-order valence-corrected chi connectivity index (χ1v) is 12.1. The molecule has 5 nitrogen and oxygen atoms in total. The quantitative estimate of drug-likeness (QED) is 0.134. The van der Waals surface area contributed by atoms with Crippen molar-refractivity contribution in [2.75, 3.05) is 6.61 Å². The van der Waals surface area contributed by atoms with Crippen LogP contribution in [0.25, 0.3) is 33.4 Å². The molecular weight excluding hydrogens is 720 g/mol. The summed E-state index contributed by atoms with van der Waals surface area (Å²) in [7, 11) is 0. The van der Waals surface area contributed by atoms with E-state index in [1.807, 2.05) is 12.1 Å². The van der Waals surface area contributed by atoms with Crippen molar-refractivity contribution >= 4 is 80.7 Å². The van der Waals surface area contributed by atoms with Gasteiger partial charge in [-0.05, 0) is 94.4 Å². The summed E-state index contributed by atoms with van der Waals surface area (Å²) in [6, 6.07) is 10.4. The Hall–Kier alpha value is -1.16. The van der Waals surface area contributed by atoms with Crippen LogP contribution in [0.1, 0.15) is 17.3 Å². The fourth-order valence-corrected chi connectivity index (χ4v) is 5.77. The molecule has 0 spiro atoms. The van der Waals surface area contributed by atoms with Crippen molar-refractivity contribution in [3.8, 4) is 28.2 Å². The van der Waals surface area contributed by atoms with Crippen molar-refractivity contribution in [1.82, 2.24) is 0 Å². The number of fused-ring (bicyclic) bond motifs is 2. The second kappa shape index (κ2) is 9.99. The topological polar surface area (TPSA) is 76.7 Å². The molecule has 166 valence electrons. The summed E-state index contributed by atoms with van der Waals surface area (Å²) in [6.07, 6.45) is 0. The van der Waals surface area contributed by atoms with Gasteiger partial charge in [-0.2, -0.15) is 0 Å². The van der Waals surface area contributed by atoms with Gasteiger partial charge in [0, 0.05) is 33.6 Å². The van der Waals surface area contributed by atoms with Gasteiger partial charge in [0.05, 0.1) is 21.1 Å². The van der Waals surface area contributed by atoms with Gasteiger partial charge in [0.1, 0.15) is 14.7 Å². The summed E-state index contributed by atoms with van der Waals surface area (Å²) < 4.78 is 12.7. The van der Waals surface area contributed by atoms with E-state index in [1.54, 1.807) is 31.2 Å². The Morgan fingerprint density at radius 3 is 2.41 bits per heavy atom. The molecule has 0 saturated heterocycles. The molecule has 0 saturated carbocycles. The van der Waals surface area contributed by atoms with E-state index in [0.717, 1.165) is 0 Å². The molecule has 0 bridgehead atoms. The molecule has 1 aliphatic carbocycles. The standard InChI is InChI=1S/C22H12Br4O5.Fe/c1-2-30-22(29)10-6-4-3-5-9(10)15-11-7-13(23)18(27)16(25)20(11)31-21-12(15)8-14(24)19(28)17(21)26;/h3-8,27H,2H2,1H3;. The maximum Gasteiger partial charge on any atom is 0.338 e. The number of hydrogen-bond donors (Lipinski definition) is 1. The van der Waals surface area contributed by atoms with Crippen LogP contribution in [-0.2, 0) is 21.8 Å². The first-order chi connectivity index (χ1) is 14.8. The van der Waals surface area contributed by atoms with Crippen LogP contribution >= 0.6 is 63.7 Å². The second-order valence-electron chi connectivity index (χ2n) is 6.52. The zero-order valence-corrected chi connectivity index (χ0v) is 23.6. The SMILES string of the molecule is CCOC(=O)c1ccccc1-c1c2cc(Br)c(=O)c(Br)c-2oc2c(Br)c(O)c(Br)cc12.[Fe]. The minimum atomic E-state index is -0.462. The first-order valence-electron chi connectivity index (χ1n) is 8.98. The molecule has 1 aliphatic heterocycles. The third-order valence-corrected chi connectivity index (χ3v) is 7.36. The van der Waals surface area contributed by atoms with Gasteiger partial charge in [0.15, 0.2) is 11.3 Å². The molecule has 10 heteroatoms. The maximum absolute atomic E-state index is 12.7. The van der Waals surface area contributed by atoms with E-state index in [4.69, 9.17) is 9.15 Å². The Balaban J connectivity index is 0.00000289. The molecule has 0 amide bonds. The van der Waals surface area contributed by atoms with Gasteiger partial charge in [-0.3, -0.25) is 4.79 Å². The fourth-order valence-electron chi connectivity index (χ4n) is 3.37. The smallest absolute Gasteiger partial charge is 0.338 e. The predicted octanol–water partition coefficient (Wildman–Crippen LogP) is 7.49. The van der Waals surface area contributed by atoms with E-state index in [2.05, 4.69) is 63.7 Å². The summed E-state index contributed by atoms with van der Waals surface area (Å²) in [4.78, 5) is 25.3. The van der Waals surface area contributed by atoms with Crippen LogP contribution in [0.15, 0.2) is 63.5 Å². The molecule has 0 fully saturated rings. The predicted molar refractivity (Wildman–Crippen MR) is 133 cm³/mol. The van der Waals surface area contributed by atoms with Gasteiger partial charge < -0.3 is 14.3 Å². The van der Waals surface area contributed by atoms with Gasteiger partial charge in [-0.25, -0.2) is 4.79 Å². The molecule has 0 atom stereocenters. The van der Waals surface area contributed by atoms with E-state index in [0.29, 0.717) is 46.6 Å². The van der Waals surface area contributed by atoms with Gasteiger partial charge in [0.25, 0.3) is 0 Å². The number of phenols is 1. The van der Waals surface area contributed by atoms with Crippen LogP contribution in [0, 0.1) is 0 Å². The van der Waals surface area contributed by atoms with E-state index >= 15 is 0 Å². The van der Waals surface area contributed by atoms with E-state index in [-0.39, 0.29) is 45.1 Å². The van der Waals surface area contributed by atoms with Crippen LogP contribution in [0.2, 0.25) is 0 Å². The number of esters is 1. The summed E-state index contributed by atoms with van der Waals surface area (Å²) in [5.74, 6) is -0.219. The largest absolute Gasteiger partial charge is 0.505 e. The molecule has 1 heterocycles. The van der Waals surface area contributed by atoms with Crippen molar-refractivity contribution in [1.29, 1.82) is 0 Å². The summed E-state index contributed by atoms with van der Waals surface area (Å²) in [5.41, 5.74) is 2.28.